The number of benzene rings is 2. The Hall–Kier alpha value is -3.03. The fraction of sp³-hybridized carbons (Fsp3) is 0.444. The summed E-state index contributed by atoms with van der Waals surface area (Å²) in [6, 6.07) is 16.5. The number of amides is 2. The lowest BCUT2D eigenvalue weighted by atomic mass is 9.89. The predicted octanol–water partition coefficient (Wildman–Crippen LogP) is 3.97. The average molecular weight is 463 g/mol. The number of fused-ring (bicyclic) bond motifs is 1. The third kappa shape index (κ3) is 5.54. The van der Waals surface area contributed by atoms with Crippen molar-refractivity contribution in [3.8, 4) is 5.75 Å². The van der Waals surface area contributed by atoms with Crippen LogP contribution < -0.4 is 10.1 Å². The van der Waals surface area contributed by atoms with Crippen LogP contribution in [0, 0.1) is 0 Å². The maximum Gasteiger partial charge on any atom is 0.317 e. The third-order valence-corrected chi connectivity index (χ3v) is 6.97. The van der Waals surface area contributed by atoms with E-state index in [0.717, 1.165) is 70.1 Å². The first-order chi connectivity index (χ1) is 16.8. The van der Waals surface area contributed by atoms with Gasteiger partial charge in [0.05, 0.1) is 13.2 Å². The van der Waals surface area contributed by atoms with Gasteiger partial charge in [0.2, 0.25) is 0 Å². The van der Waals surface area contributed by atoms with E-state index in [0.29, 0.717) is 19.1 Å². The summed E-state index contributed by atoms with van der Waals surface area (Å²) in [6.07, 6.45) is 4.12. The molecule has 2 aliphatic rings. The Kier molecular flexibility index (Phi) is 7.31. The number of aromatic amines is 1. The molecular weight excluding hydrogens is 428 g/mol. The largest absolute Gasteiger partial charge is 0.492 e. The highest BCUT2D eigenvalue weighted by molar-refractivity contribution is 5.83. The molecule has 2 aromatic carbocycles. The minimum absolute atomic E-state index is 0.0102. The number of likely N-dealkylation sites (tertiary alicyclic amines) is 1. The van der Waals surface area contributed by atoms with Gasteiger partial charge in [-0.1, -0.05) is 30.3 Å². The molecule has 2 aliphatic heterocycles. The van der Waals surface area contributed by atoms with Crippen molar-refractivity contribution in [2.24, 2.45) is 0 Å². The first-order valence-corrected chi connectivity index (χ1v) is 12.4. The quantitative estimate of drug-likeness (QED) is 0.558. The van der Waals surface area contributed by atoms with Crippen molar-refractivity contribution in [2.75, 3.05) is 52.5 Å². The molecule has 34 heavy (non-hydrogen) atoms. The van der Waals surface area contributed by atoms with Gasteiger partial charge in [-0.05, 0) is 48.1 Å². The second-order valence-corrected chi connectivity index (χ2v) is 9.16. The SMILES string of the molecule is O=C(NCc1cccc(OCCN2CCOCC2)c1)N1CCC(c2c[nH]c3ccccc23)CC1. The molecule has 2 amide bonds. The first-order valence-electron chi connectivity index (χ1n) is 12.4. The average Bonchev–Trinajstić information content (AvgIpc) is 3.33. The van der Waals surface area contributed by atoms with Crippen LogP contribution in [0.1, 0.15) is 29.9 Å². The number of rotatable bonds is 7. The molecule has 5 rings (SSSR count). The Labute approximate surface area is 201 Å². The molecule has 1 aromatic heterocycles. The van der Waals surface area contributed by atoms with Gasteiger partial charge in [0.1, 0.15) is 12.4 Å². The molecule has 0 atom stereocenters. The number of carbonyl (C=O) groups is 1. The molecule has 0 saturated carbocycles. The Morgan fingerprint density at radius 1 is 1.06 bits per heavy atom. The van der Waals surface area contributed by atoms with Crippen molar-refractivity contribution >= 4 is 16.9 Å². The van der Waals surface area contributed by atoms with Gasteiger partial charge in [-0.2, -0.15) is 0 Å². The molecule has 7 heteroatoms. The van der Waals surface area contributed by atoms with Gasteiger partial charge in [0, 0.05) is 56.4 Å². The van der Waals surface area contributed by atoms with Crippen LogP contribution in [-0.2, 0) is 11.3 Å². The minimum atomic E-state index is 0.0102. The number of H-pyrrole nitrogens is 1. The van der Waals surface area contributed by atoms with Crippen LogP contribution in [-0.4, -0.2) is 73.4 Å². The van der Waals surface area contributed by atoms with Gasteiger partial charge in [-0.3, -0.25) is 4.90 Å². The van der Waals surface area contributed by atoms with Crippen LogP contribution in [0.4, 0.5) is 4.79 Å². The second-order valence-electron chi connectivity index (χ2n) is 9.16. The fourth-order valence-corrected chi connectivity index (χ4v) is 4.98. The summed E-state index contributed by atoms with van der Waals surface area (Å²) in [7, 11) is 0. The van der Waals surface area contributed by atoms with E-state index >= 15 is 0 Å². The summed E-state index contributed by atoms with van der Waals surface area (Å²) in [5.74, 6) is 1.34. The van der Waals surface area contributed by atoms with E-state index in [2.05, 4.69) is 45.7 Å². The van der Waals surface area contributed by atoms with Gasteiger partial charge < -0.3 is 24.7 Å². The van der Waals surface area contributed by atoms with Crippen LogP contribution >= 0.6 is 0 Å². The van der Waals surface area contributed by atoms with Crippen LogP contribution in [0.2, 0.25) is 0 Å². The molecule has 2 fully saturated rings. The summed E-state index contributed by atoms with van der Waals surface area (Å²) in [5.41, 5.74) is 3.61. The number of piperidine rings is 1. The summed E-state index contributed by atoms with van der Waals surface area (Å²) >= 11 is 0. The molecule has 180 valence electrons. The van der Waals surface area contributed by atoms with Gasteiger partial charge >= 0.3 is 6.03 Å². The Morgan fingerprint density at radius 3 is 2.74 bits per heavy atom. The van der Waals surface area contributed by atoms with Crippen LogP contribution in [0.25, 0.3) is 10.9 Å². The lowest BCUT2D eigenvalue weighted by Crippen LogP contribution is -2.43. The molecule has 0 bridgehead atoms. The van der Waals surface area contributed by atoms with Crippen molar-refractivity contribution in [3.63, 3.8) is 0 Å². The predicted molar refractivity (Wildman–Crippen MR) is 133 cm³/mol. The monoisotopic (exact) mass is 462 g/mol. The van der Waals surface area contributed by atoms with Crippen molar-refractivity contribution in [1.29, 1.82) is 0 Å². The van der Waals surface area contributed by atoms with Crippen LogP contribution in [0.3, 0.4) is 0 Å². The minimum Gasteiger partial charge on any atom is -0.492 e. The molecule has 2 saturated heterocycles. The van der Waals surface area contributed by atoms with Crippen molar-refractivity contribution in [1.82, 2.24) is 20.1 Å². The molecule has 0 unspecified atom stereocenters. The highest BCUT2D eigenvalue weighted by Crippen LogP contribution is 2.33. The fourth-order valence-electron chi connectivity index (χ4n) is 4.98. The number of nitrogens with zero attached hydrogens (tertiary/aromatic N) is 2. The van der Waals surface area contributed by atoms with E-state index in [1.165, 1.54) is 16.5 Å². The maximum atomic E-state index is 12.8. The summed E-state index contributed by atoms with van der Waals surface area (Å²) in [4.78, 5) is 20.4. The number of ether oxygens (including phenoxy) is 2. The zero-order chi connectivity index (χ0) is 23.2. The maximum absolute atomic E-state index is 12.8. The normalized spacial score (nSPS) is 17.7. The van der Waals surface area contributed by atoms with E-state index in [4.69, 9.17) is 9.47 Å². The second kappa shape index (κ2) is 10.9. The number of aromatic nitrogens is 1. The third-order valence-electron chi connectivity index (χ3n) is 6.97. The van der Waals surface area contributed by atoms with Gasteiger partial charge in [-0.15, -0.1) is 0 Å². The van der Waals surface area contributed by atoms with Gasteiger partial charge in [0.25, 0.3) is 0 Å². The number of carbonyl (C=O) groups excluding carboxylic acids is 1. The molecule has 2 N–H and O–H groups in total. The van der Waals surface area contributed by atoms with E-state index < -0.39 is 0 Å². The number of hydrogen-bond donors (Lipinski definition) is 2. The highest BCUT2D eigenvalue weighted by Gasteiger charge is 2.25. The van der Waals surface area contributed by atoms with Crippen LogP contribution in [0.15, 0.2) is 54.7 Å². The molecule has 3 aromatic rings. The smallest absolute Gasteiger partial charge is 0.317 e. The molecule has 3 heterocycles. The van der Waals surface area contributed by atoms with E-state index in [1.807, 2.05) is 29.2 Å². The zero-order valence-corrected chi connectivity index (χ0v) is 19.7. The topological polar surface area (TPSA) is 69.8 Å². The van der Waals surface area contributed by atoms with E-state index in [9.17, 15) is 4.79 Å². The lowest BCUT2D eigenvalue weighted by molar-refractivity contribution is 0.0322. The van der Waals surface area contributed by atoms with Crippen molar-refractivity contribution in [3.05, 3.63) is 65.9 Å². The Morgan fingerprint density at radius 2 is 1.88 bits per heavy atom. The molecule has 0 aliphatic carbocycles. The summed E-state index contributed by atoms with van der Waals surface area (Å²) < 4.78 is 11.3. The Bertz CT molecular complexity index is 1080. The molecule has 0 spiro atoms. The van der Waals surface area contributed by atoms with E-state index in [1.54, 1.807) is 0 Å². The Balaban J connectivity index is 1.07. The zero-order valence-electron chi connectivity index (χ0n) is 19.7. The van der Waals surface area contributed by atoms with Gasteiger partial charge in [0.15, 0.2) is 0 Å². The lowest BCUT2D eigenvalue weighted by Gasteiger charge is -2.32. The molecule has 0 radical (unpaired) electrons. The van der Waals surface area contributed by atoms with Crippen molar-refractivity contribution < 1.29 is 14.3 Å². The molecular formula is C27H34N4O3. The summed E-state index contributed by atoms with van der Waals surface area (Å²) in [5, 5.41) is 4.39. The first kappa shape index (κ1) is 22.7. The summed E-state index contributed by atoms with van der Waals surface area (Å²) in [6.45, 7) is 7.15. The standard InChI is InChI=1S/C27H34N4O3/c32-27(31-10-8-22(9-11-31)25-20-28-26-7-2-1-6-24(25)26)29-19-21-4-3-5-23(18-21)34-17-14-30-12-15-33-16-13-30/h1-7,18,20,22,28H,8-17,19H2,(H,29,32). The number of morpholine rings is 1. The van der Waals surface area contributed by atoms with Crippen molar-refractivity contribution in [2.45, 2.75) is 25.3 Å². The number of para-hydroxylation sites is 1. The van der Waals surface area contributed by atoms with Gasteiger partial charge in [-0.25, -0.2) is 4.79 Å². The molecule has 7 nitrogen and oxygen atoms in total. The number of urea groups is 1. The van der Waals surface area contributed by atoms with Crippen LogP contribution in [0.5, 0.6) is 5.75 Å². The highest BCUT2D eigenvalue weighted by atomic mass is 16.5. The number of hydrogen-bond acceptors (Lipinski definition) is 4. The van der Waals surface area contributed by atoms with E-state index in [-0.39, 0.29) is 6.03 Å². The number of nitrogens with one attached hydrogen (secondary N) is 2.